The lowest BCUT2D eigenvalue weighted by Crippen LogP contribution is -2.09. The Bertz CT molecular complexity index is 1790. The number of allylic oxidation sites excluding steroid dienone is 4. The highest BCUT2D eigenvalue weighted by molar-refractivity contribution is 7.25. The lowest BCUT2D eigenvalue weighted by atomic mass is 9.99. The molecule has 0 atom stereocenters. The van der Waals surface area contributed by atoms with Crippen molar-refractivity contribution in [3.05, 3.63) is 145 Å². The Morgan fingerprint density at radius 1 is 0.500 bits per heavy atom. The first kappa shape index (κ1) is 22.8. The van der Waals surface area contributed by atoms with Gasteiger partial charge in [-0.05, 0) is 83.6 Å². The number of nitrogens with zero attached hydrogens (tertiary/aromatic N) is 1. The molecule has 0 radical (unpaired) electrons. The zero-order chi connectivity index (χ0) is 25.3. The summed E-state index contributed by atoms with van der Waals surface area (Å²) < 4.78 is 2.65. The molecule has 0 saturated carbocycles. The number of anilines is 3. The van der Waals surface area contributed by atoms with Crippen LogP contribution in [0, 0.1) is 0 Å². The van der Waals surface area contributed by atoms with Gasteiger partial charge in [-0.15, -0.1) is 11.3 Å². The van der Waals surface area contributed by atoms with Crippen LogP contribution in [0.5, 0.6) is 0 Å². The molecule has 1 aromatic heterocycles. The second-order valence-corrected chi connectivity index (χ2v) is 10.8. The van der Waals surface area contributed by atoms with E-state index in [1.54, 1.807) is 0 Å². The van der Waals surface area contributed by atoms with E-state index in [-0.39, 0.29) is 0 Å². The van der Waals surface area contributed by atoms with Crippen LogP contribution in [0.1, 0.15) is 18.4 Å². The summed E-state index contributed by atoms with van der Waals surface area (Å²) in [7, 11) is 0. The second kappa shape index (κ2) is 9.81. The molecule has 5 aromatic carbocycles. The van der Waals surface area contributed by atoms with Crippen molar-refractivity contribution in [3.8, 4) is 11.1 Å². The molecule has 0 bridgehead atoms. The van der Waals surface area contributed by atoms with Gasteiger partial charge in [-0.1, -0.05) is 91.0 Å². The predicted octanol–water partition coefficient (Wildman–Crippen LogP) is 10.9. The SMILES string of the molecule is C1=CC(c2ccc(N(c3ccc(-c4ccccc4)cc3)c3ccc4sc5ccccc5c4c3)cc2)=CCC1. The fourth-order valence-electron chi connectivity index (χ4n) is 5.36. The van der Waals surface area contributed by atoms with Crippen molar-refractivity contribution in [2.75, 3.05) is 4.90 Å². The van der Waals surface area contributed by atoms with Gasteiger partial charge in [-0.2, -0.15) is 0 Å². The molecule has 2 heteroatoms. The molecule has 1 aliphatic carbocycles. The van der Waals surface area contributed by atoms with Gasteiger partial charge < -0.3 is 4.90 Å². The summed E-state index contributed by atoms with van der Waals surface area (Å²) in [5.74, 6) is 0. The van der Waals surface area contributed by atoms with E-state index in [0.29, 0.717) is 0 Å². The summed E-state index contributed by atoms with van der Waals surface area (Å²) in [6.45, 7) is 0. The average molecular weight is 506 g/mol. The van der Waals surface area contributed by atoms with Gasteiger partial charge in [0.1, 0.15) is 0 Å². The van der Waals surface area contributed by atoms with E-state index in [9.17, 15) is 0 Å². The Balaban J connectivity index is 1.34. The number of benzene rings is 5. The van der Waals surface area contributed by atoms with Gasteiger partial charge in [-0.3, -0.25) is 0 Å². The molecule has 0 saturated heterocycles. The molecule has 1 nitrogen and oxygen atoms in total. The lowest BCUT2D eigenvalue weighted by molar-refractivity contribution is 1.04. The van der Waals surface area contributed by atoms with Gasteiger partial charge in [0.2, 0.25) is 0 Å². The summed E-state index contributed by atoms with van der Waals surface area (Å²) in [6, 6.07) is 44.1. The van der Waals surface area contributed by atoms with Crippen LogP contribution in [-0.2, 0) is 0 Å². The molecule has 7 rings (SSSR count). The number of hydrogen-bond acceptors (Lipinski definition) is 2. The summed E-state index contributed by atoms with van der Waals surface area (Å²) in [5, 5.41) is 2.63. The summed E-state index contributed by atoms with van der Waals surface area (Å²) in [5.41, 5.74) is 8.50. The van der Waals surface area contributed by atoms with E-state index >= 15 is 0 Å². The zero-order valence-corrected chi connectivity index (χ0v) is 21.9. The maximum absolute atomic E-state index is 2.37. The zero-order valence-electron chi connectivity index (χ0n) is 21.0. The molecule has 0 N–H and O–H groups in total. The molecular weight excluding hydrogens is 478 g/mol. The molecule has 1 heterocycles. The minimum Gasteiger partial charge on any atom is -0.310 e. The molecule has 38 heavy (non-hydrogen) atoms. The first-order valence-electron chi connectivity index (χ1n) is 13.2. The fourth-order valence-corrected chi connectivity index (χ4v) is 6.45. The van der Waals surface area contributed by atoms with E-state index in [1.165, 1.54) is 42.4 Å². The third-order valence-electron chi connectivity index (χ3n) is 7.30. The molecule has 0 fully saturated rings. The Kier molecular flexibility index (Phi) is 5.88. The quantitative estimate of drug-likeness (QED) is 0.225. The average Bonchev–Trinajstić information content (AvgIpc) is 3.37. The molecular formula is C36H27NS. The minimum absolute atomic E-state index is 1.11. The van der Waals surface area contributed by atoms with Crippen molar-refractivity contribution in [2.24, 2.45) is 0 Å². The van der Waals surface area contributed by atoms with E-state index in [0.717, 1.165) is 29.9 Å². The van der Waals surface area contributed by atoms with Gasteiger partial charge in [0.05, 0.1) is 0 Å². The Morgan fingerprint density at radius 2 is 1.13 bits per heavy atom. The normalized spacial score (nSPS) is 13.1. The highest BCUT2D eigenvalue weighted by atomic mass is 32.1. The molecule has 0 amide bonds. The van der Waals surface area contributed by atoms with E-state index < -0.39 is 0 Å². The third-order valence-corrected chi connectivity index (χ3v) is 8.46. The number of fused-ring (bicyclic) bond motifs is 3. The van der Waals surface area contributed by atoms with Gasteiger partial charge in [0.15, 0.2) is 0 Å². The van der Waals surface area contributed by atoms with Gasteiger partial charge in [-0.25, -0.2) is 0 Å². The van der Waals surface area contributed by atoms with Crippen molar-refractivity contribution >= 4 is 54.1 Å². The molecule has 0 spiro atoms. The summed E-state index contributed by atoms with van der Waals surface area (Å²) >= 11 is 1.86. The number of thiophene rings is 1. The van der Waals surface area contributed by atoms with Crippen molar-refractivity contribution in [1.82, 2.24) is 0 Å². The number of hydrogen-bond donors (Lipinski definition) is 0. The van der Waals surface area contributed by atoms with Gasteiger partial charge >= 0.3 is 0 Å². The second-order valence-electron chi connectivity index (χ2n) is 9.71. The van der Waals surface area contributed by atoms with Crippen LogP contribution in [0.15, 0.2) is 140 Å². The van der Waals surface area contributed by atoms with Crippen LogP contribution in [0.25, 0.3) is 36.9 Å². The maximum atomic E-state index is 2.37. The van der Waals surface area contributed by atoms with Crippen molar-refractivity contribution in [1.29, 1.82) is 0 Å². The van der Waals surface area contributed by atoms with Crippen molar-refractivity contribution < 1.29 is 0 Å². The van der Waals surface area contributed by atoms with E-state index in [4.69, 9.17) is 0 Å². The maximum Gasteiger partial charge on any atom is 0.0468 e. The molecule has 0 unspecified atom stereocenters. The predicted molar refractivity (Wildman–Crippen MR) is 166 cm³/mol. The Hall–Kier alpha value is -4.40. The van der Waals surface area contributed by atoms with E-state index in [1.807, 2.05) is 11.3 Å². The standard InChI is InChI=1S/C36H27NS/c1-3-9-26(10-4-1)28-15-19-30(20-16-28)37(31-21-17-29(18-22-31)27-11-5-2-6-12-27)32-23-24-36-34(25-32)33-13-7-8-14-35(33)38-36/h1,3-5,7-25H,2,6H2. The Morgan fingerprint density at radius 3 is 1.87 bits per heavy atom. The van der Waals surface area contributed by atoms with Crippen LogP contribution >= 0.6 is 11.3 Å². The molecule has 182 valence electrons. The third kappa shape index (κ3) is 4.23. The lowest BCUT2D eigenvalue weighted by Gasteiger charge is -2.26. The van der Waals surface area contributed by atoms with Crippen molar-refractivity contribution in [2.45, 2.75) is 12.8 Å². The largest absolute Gasteiger partial charge is 0.310 e. The smallest absolute Gasteiger partial charge is 0.0468 e. The van der Waals surface area contributed by atoms with E-state index in [2.05, 4.69) is 144 Å². The fraction of sp³-hybridized carbons (Fsp3) is 0.0556. The van der Waals surface area contributed by atoms with Crippen LogP contribution < -0.4 is 4.90 Å². The molecule has 0 aliphatic heterocycles. The molecule has 1 aliphatic rings. The van der Waals surface area contributed by atoms with Crippen LogP contribution in [-0.4, -0.2) is 0 Å². The topological polar surface area (TPSA) is 3.24 Å². The Labute approximate surface area is 227 Å². The van der Waals surface area contributed by atoms with Crippen LogP contribution in [0.2, 0.25) is 0 Å². The first-order valence-corrected chi connectivity index (χ1v) is 14.0. The van der Waals surface area contributed by atoms with Gasteiger partial charge in [0.25, 0.3) is 0 Å². The van der Waals surface area contributed by atoms with Crippen LogP contribution in [0.4, 0.5) is 17.1 Å². The highest BCUT2D eigenvalue weighted by Gasteiger charge is 2.15. The van der Waals surface area contributed by atoms with Crippen molar-refractivity contribution in [3.63, 3.8) is 0 Å². The molecule has 6 aromatic rings. The summed E-state index contributed by atoms with van der Waals surface area (Å²) in [6.07, 6.45) is 9.10. The summed E-state index contributed by atoms with van der Waals surface area (Å²) in [4.78, 5) is 2.37. The number of rotatable bonds is 5. The monoisotopic (exact) mass is 505 g/mol. The first-order chi connectivity index (χ1) is 18.8. The minimum atomic E-state index is 1.11. The highest BCUT2D eigenvalue weighted by Crippen LogP contribution is 2.41. The van der Waals surface area contributed by atoms with Crippen LogP contribution in [0.3, 0.4) is 0 Å². The van der Waals surface area contributed by atoms with Gasteiger partial charge in [0, 0.05) is 37.2 Å².